The van der Waals surface area contributed by atoms with Gasteiger partial charge in [-0.25, -0.2) is 0 Å². The van der Waals surface area contributed by atoms with Crippen LogP contribution in [0.2, 0.25) is 0 Å². The smallest absolute Gasteiger partial charge is 0.251 e. The largest absolute Gasteiger partial charge is 0.508 e. The van der Waals surface area contributed by atoms with Crippen molar-refractivity contribution in [1.29, 1.82) is 0 Å². The van der Waals surface area contributed by atoms with Crippen LogP contribution in [0.25, 0.3) is 0 Å². The number of hydrogen-bond acceptors (Lipinski definition) is 4. The van der Waals surface area contributed by atoms with Crippen LogP contribution in [-0.4, -0.2) is 67.8 Å². The molecule has 2 aliphatic rings. The summed E-state index contributed by atoms with van der Waals surface area (Å²) in [4.78, 5) is 19.0. The van der Waals surface area contributed by atoms with Crippen LogP contribution >= 0.6 is 0 Å². The molecule has 0 radical (unpaired) electrons. The van der Waals surface area contributed by atoms with Crippen LogP contribution in [0.5, 0.6) is 5.75 Å². The Bertz CT molecular complexity index is 639. The van der Waals surface area contributed by atoms with Gasteiger partial charge in [-0.15, -0.1) is 0 Å². The standard InChI is InChI=1S/C19H28N4O3/c1-2-20-18(23-11-7-19(13-23)8-12-26-14-19)22-10-9-21-17(25)15-3-5-16(24)6-4-15/h3-6,24H,2,7-14H2,1H3,(H,20,22)(H,21,25). The number of amides is 1. The van der Waals surface area contributed by atoms with Crippen molar-refractivity contribution >= 4 is 11.9 Å². The highest BCUT2D eigenvalue weighted by molar-refractivity contribution is 5.94. The summed E-state index contributed by atoms with van der Waals surface area (Å²) < 4.78 is 5.59. The van der Waals surface area contributed by atoms with E-state index in [2.05, 4.69) is 27.4 Å². The molecule has 1 amide bonds. The predicted molar refractivity (Wildman–Crippen MR) is 100 cm³/mol. The van der Waals surface area contributed by atoms with Gasteiger partial charge in [0.25, 0.3) is 5.91 Å². The number of guanidine groups is 1. The third-order valence-corrected chi connectivity index (χ3v) is 5.05. The van der Waals surface area contributed by atoms with Gasteiger partial charge in [0.2, 0.25) is 0 Å². The molecule has 2 aliphatic heterocycles. The maximum absolute atomic E-state index is 12.1. The molecule has 0 aliphatic carbocycles. The number of benzene rings is 1. The number of aromatic hydroxyl groups is 1. The van der Waals surface area contributed by atoms with Crippen molar-refractivity contribution in [1.82, 2.24) is 15.5 Å². The number of phenolic OH excluding ortho intramolecular Hbond substituents is 1. The Labute approximate surface area is 154 Å². The van der Waals surface area contributed by atoms with Gasteiger partial charge in [-0.2, -0.15) is 0 Å². The Hall–Kier alpha value is -2.28. The summed E-state index contributed by atoms with van der Waals surface area (Å²) in [7, 11) is 0. The lowest BCUT2D eigenvalue weighted by atomic mass is 9.87. The number of nitrogens with one attached hydrogen (secondary N) is 2. The number of hydrogen-bond donors (Lipinski definition) is 3. The zero-order valence-corrected chi connectivity index (χ0v) is 15.3. The first-order chi connectivity index (χ1) is 12.6. The summed E-state index contributed by atoms with van der Waals surface area (Å²) in [5, 5.41) is 15.5. The lowest BCUT2D eigenvalue weighted by Crippen LogP contribution is -2.42. The average molecular weight is 360 g/mol. The van der Waals surface area contributed by atoms with Gasteiger partial charge >= 0.3 is 0 Å². The van der Waals surface area contributed by atoms with Crippen LogP contribution in [-0.2, 0) is 4.74 Å². The second-order valence-electron chi connectivity index (χ2n) is 7.01. The van der Waals surface area contributed by atoms with Crippen LogP contribution in [0.4, 0.5) is 0 Å². The summed E-state index contributed by atoms with van der Waals surface area (Å²) in [5.41, 5.74) is 0.824. The summed E-state index contributed by atoms with van der Waals surface area (Å²) in [6.07, 6.45) is 2.28. The molecule has 2 saturated heterocycles. The molecule has 3 N–H and O–H groups in total. The van der Waals surface area contributed by atoms with Crippen LogP contribution in [0.15, 0.2) is 29.3 Å². The van der Waals surface area contributed by atoms with Gasteiger partial charge in [-0.05, 0) is 44.0 Å². The fourth-order valence-corrected chi connectivity index (χ4v) is 3.56. The van der Waals surface area contributed by atoms with Crippen molar-refractivity contribution in [3.05, 3.63) is 29.8 Å². The van der Waals surface area contributed by atoms with Crippen molar-refractivity contribution in [3.8, 4) is 5.75 Å². The minimum absolute atomic E-state index is 0.150. The molecule has 1 aromatic rings. The van der Waals surface area contributed by atoms with E-state index in [0.717, 1.165) is 51.6 Å². The minimum Gasteiger partial charge on any atom is -0.508 e. The van der Waals surface area contributed by atoms with Crippen LogP contribution in [0.3, 0.4) is 0 Å². The highest BCUT2D eigenvalue weighted by Crippen LogP contribution is 2.38. The number of nitrogens with zero attached hydrogens (tertiary/aromatic N) is 2. The third kappa shape index (κ3) is 4.46. The number of rotatable bonds is 5. The molecule has 0 saturated carbocycles. The Kier molecular flexibility index (Phi) is 5.98. The molecule has 1 aromatic carbocycles. The monoisotopic (exact) mass is 360 g/mol. The van der Waals surface area contributed by atoms with E-state index in [-0.39, 0.29) is 11.7 Å². The zero-order chi connectivity index (χ0) is 18.4. The van der Waals surface area contributed by atoms with Crippen molar-refractivity contribution in [2.45, 2.75) is 19.8 Å². The molecule has 1 spiro atoms. The third-order valence-electron chi connectivity index (χ3n) is 5.05. The number of ether oxygens (including phenoxy) is 1. The van der Waals surface area contributed by atoms with E-state index in [0.29, 0.717) is 24.1 Å². The Morgan fingerprint density at radius 1 is 1.31 bits per heavy atom. The van der Waals surface area contributed by atoms with Crippen LogP contribution in [0.1, 0.15) is 30.1 Å². The first-order valence-corrected chi connectivity index (χ1v) is 9.30. The summed E-state index contributed by atoms with van der Waals surface area (Å²) in [6.45, 7) is 7.57. The number of aliphatic imine (C=N–C) groups is 1. The predicted octanol–water partition coefficient (Wildman–Crippen LogP) is 1.20. The van der Waals surface area contributed by atoms with Gasteiger partial charge in [-0.3, -0.25) is 9.79 Å². The van der Waals surface area contributed by atoms with Gasteiger partial charge in [-0.1, -0.05) is 0 Å². The molecule has 1 unspecified atom stereocenters. The summed E-state index contributed by atoms with van der Waals surface area (Å²) in [5.74, 6) is 0.904. The SMILES string of the molecule is CCNC(=NCCNC(=O)c1ccc(O)cc1)N1CCC2(CCOC2)C1. The lowest BCUT2D eigenvalue weighted by molar-refractivity contribution is 0.0955. The molecule has 26 heavy (non-hydrogen) atoms. The molecule has 0 bridgehead atoms. The molecule has 1 atom stereocenters. The van der Waals surface area contributed by atoms with Crippen LogP contribution < -0.4 is 10.6 Å². The van der Waals surface area contributed by atoms with Crippen LogP contribution in [0, 0.1) is 5.41 Å². The minimum atomic E-state index is -0.159. The highest BCUT2D eigenvalue weighted by Gasteiger charge is 2.42. The van der Waals surface area contributed by atoms with Crippen molar-refractivity contribution in [2.75, 3.05) is 45.9 Å². The van der Waals surface area contributed by atoms with E-state index < -0.39 is 0 Å². The zero-order valence-electron chi connectivity index (χ0n) is 15.3. The van der Waals surface area contributed by atoms with E-state index in [1.807, 2.05) is 0 Å². The van der Waals surface area contributed by atoms with Gasteiger partial charge in [0.05, 0.1) is 13.2 Å². The van der Waals surface area contributed by atoms with Crippen molar-refractivity contribution in [3.63, 3.8) is 0 Å². The van der Waals surface area contributed by atoms with Gasteiger partial charge in [0.1, 0.15) is 5.75 Å². The molecule has 7 nitrogen and oxygen atoms in total. The molecule has 3 rings (SSSR count). The summed E-state index contributed by atoms with van der Waals surface area (Å²) >= 11 is 0. The number of phenols is 1. The molecular weight excluding hydrogens is 332 g/mol. The molecule has 0 aromatic heterocycles. The second kappa shape index (κ2) is 8.40. The molecule has 7 heteroatoms. The van der Waals surface area contributed by atoms with Gasteiger partial charge < -0.3 is 25.4 Å². The van der Waals surface area contributed by atoms with E-state index in [4.69, 9.17) is 4.74 Å². The maximum atomic E-state index is 12.1. The van der Waals surface area contributed by atoms with Gasteiger partial charge in [0, 0.05) is 43.8 Å². The molecule has 142 valence electrons. The maximum Gasteiger partial charge on any atom is 0.251 e. The van der Waals surface area contributed by atoms with Crippen molar-refractivity contribution < 1.29 is 14.6 Å². The van der Waals surface area contributed by atoms with Gasteiger partial charge in [0.15, 0.2) is 5.96 Å². The fourth-order valence-electron chi connectivity index (χ4n) is 3.56. The van der Waals surface area contributed by atoms with E-state index in [1.54, 1.807) is 12.1 Å². The Morgan fingerprint density at radius 3 is 2.81 bits per heavy atom. The molecular formula is C19H28N4O3. The molecule has 2 fully saturated rings. The van der Waals surface area contributed by atoms with E-state index in [1.165, 1.54) is 12.1 Å². The fraction of sp³-hybridized carbons (Fsp3) is 0.579. The van der Waals surface area contributed by atoms with Crippen molar-refractivity contribution in [2.24, 2.45) is 10.4 Å². The average Bonchev–Trinajstić information content (AvgIpc) is 3.28. The highest BCUT2D eigenvalue weighted by atomic mass is 16.5. The molecule has 2 heterocycles. The first kappa shape index (κ1) is 18.5. The number of likely N-dealkylation sites (tertiary alicyclic amines) is 1. The normalized spacial score (nSPS) is 22.8. The quantitative estimate of drug-likeness (QED) is 0.417. The number of carbonyl (C=O) groups excluding carboxylic acids is 1. The van der Waals surface area contributed by atoms with E-state index >= 15 is 0 Å². The topological polar surface area (TPSA) is 86.2 Å². The Balaban J connectivity index is 1.50. The first-order valence-electron chi connectivity index (χ1n) is 9.30. The lowest BCUT2D eigenvalue weighted by Gasteiger charge is -2.25. The summed E-state index contributed by atoms with van der Waals surface area (Å²) in [6, 6.07) is 6.22. The Morgan fingerprint density at radius 2 is 2.12 bits per heavy atom. The van der Waals surface area contributed by atoms with E-state index in [9.17, 15) is 9.90 Å². The second-order valence-corrected chi connectivity index (χ2v) is 7.01. The number of carbonyl (C=O) groups is 1.